The zero-order valence-corrected chi connectivity index (χ0v) is 14.8. The molecule has 0 radical (unpaired) electrons. The third-order valence-corrected chi connectivity index (χ3v) is 5.23. The lowest BCUT2D eigenvalue weighted by molar-refractivity contribution is 0.0819. The Hall–Kier alpha value is -0.860. The van der Waals surface area contributed by atoms with Gasteiger partial charge in [0, 0.05) is 12.1 Å². The Kier molecular flexibility index (Phi) is 7.41. The van der Waals surface area contributed by atoms with Crippen molar-refractivity contribution in [3.63, 3.8) is 0 Å². The highest BCUT2D eigenvalue weighted by Gasteiger charge is 2.27. The molecule has 0 spiro atoms. The maximum absolute atomic E-state index is 3.35. The third-order valence-electron chi connectivity index (χ3n) is 5.23. The van der Waals surface area contributed by atoms with Gasteiger partial charge in [0.1, 0.15) is 0 Å². The molecule has 0 aromatic heterocycles. The zero-order chi connectivity index (χ0) is 15.8. The number of nitrogens with zero attached hydrogens (tertiary/aromatic N) is 1. The number of hydrogen-bond donors (Lipinski definition) is 1. The van der Waals surface area contributed by atoms with Gasteiger partial charge in [-0.2, -0.15) is 0 Å². The topological polar surface area (TPSA) is 15.3 Å². The zero-order valence-electron chi connectivity index (χ0n) is 14.8. The Bertz CT molecular complexity index is 412. The Morgan fingerprint density at radius 2 is 1.95 bits per heavy atom. The Balaban J connectivity index is 1.96. The van der Waals surface area contributed by atoms with Crippen LogP contribution in [-0.4, -0.2) is 37.1 Å². The van der Waals surface area contributed by atoms with Gasteiger partial charge in [-0.3, -0.25) is 4.90 Å². The van der Waals surface area contributed by atoms with Gasteiger partial charge in [-0.1, -0.05) is 43.2 Å². The summed E-state index contributed by atoms with van der Waals surface area (Å²) in [6.45, 7) is 6.96. The molecular formula is C20H34N2. The highest BCUT2D eigenvalue weighted by Crippen LogP contribution is 2.25. The fraction of sp³-hybridized carbons (Fsp3) is 0.700. The van der Waals surface area contributed by atoms with E-state index < -0.39 is 0 Å². The average molecular weight is 303 g/mol. The molecule has 1 fully saturated rings. The molecule has 1 N–H and O–H groups in total. The summed E-state index contributed by atoms with van der Waals surface area (Å²) in [5.41, 5.74) is 2.85. The second kappa shape index (κ2) is 9.32. The van der Waals surface area contributed by atoms with Crippen LogP contribution in [0.25, 0.3) is 0 Å². The number of nitrogens with one attached hydrogen (secondary N) is 1. The summed E-state index contributed by atoms with van der Waals surface area (Å²) in [6.07, 6.45) is 9.29. The van der Waals surface area contributed by atoms with Crippen LogP contribution in [0.15, 0.2) is 24.3 Å². The highest BCUT2D eigenvalue weighted by molar-refractivity contribution is 5.21. The number of aryl methyl sites for hydroxylation is 2. The Labute approximate surface area is 137 Å². The van der Waals surface area contributed by atoms with E-state index in [1.165, 1.54) is 62.6 Å². The molecule has 2 heteroatoms. The molecule has 2 atom stereocenters. The molecule has 0 saturated carbocycles. The summed E-state index contributed by atoms with van der Waals surface area (Å²) in [5, 5.41) is 3.35. The van der Waals surface area contributed by atoms with E-state index >= 15 is 0 Å². The molecule has 0 amide bonds. The fourth-order valence-electron chi connectivity index (χ4n) is 3.82. The molecule has 2 unspecified atom stereocenters. The molecule has 1 aromatic rings. The second-order valence-corrected chi connectivity index (χ2v) is 6.87. The minimum Gasteiger partial charge on any atom is -0.320 e. The minimum absolute atomic E-state index is 0.735. The van der Waals surface area contributed by atoms with Crippen molar-refractivity contribution in [3.8, 4) is 0 Å². The first-order valence-corrected chi connectivity index (χ1v) is 9.20. The minimum atomic E-state index is 0.735. The van der Waals surface area contributed by atoms with Gasteiger partial charge in [0.05, 0.1) is 0 Å². The van der Waals surface area contributed by atoms with Crippen LogP contribution in [0.4, 0.5) is 0 Å². The maximum Gasteiger partial charge on any atom is 0.0113 e. The van der Waals surface area contributed by atoms with Crippen molar-refractivity contribution < 1.29 is 0 Å². The van der Waals surface area contributed by atoms with Crippen LogP contribution in [-0.2, 0) is 6.42 Å². The van der Waals surface area contributed by atoms with E-state index in [1.807, 2.05) is 0 Å². The van der Waals surface area contributed by atoms with Crippen LogP contribution >= 0.6 is 0 Å². The summed E-state index contributed by atoms with van der Waals surface area (Å²) >= 11 is 0. The fourth-order valence-corrected chi connectivity index (χ4v) is 3.82. The first kappa shape index (κ1) is 17.5. The largest absolute Gasteiger partial charge is 0.320 e. The summed E-state index contributed by atoms with van der Waals surface area (Å²) in [5.74, 6) is 0. The van der Waals surface area contributed by atoms with E-state index in [0.29, 0.717) is 0 Å². The molecule has 1 heterocycles. The normalized spacial score (nSPS) is 21.0. The van der Waals surface area contributed by atoms with Crippen molar-refractivity contribution in [2.75, 3.05) is 20.1 Å². The molecule has 22 heavy (non-hydrogen) atoms. The first-order valence-electron chi connectivity index (χ1n) is 9.20. The summed E-state index contributed by atoms with van der Waals surface area (Å²) in [7, 11) is 2.07. The van der Waals surface area contributed by atoms with Crippen molar-refractivity contribution in [1.29, 1.82) is 0 Å². The molecule has 1 aliphatic heterocycles. The number of rotatable bonds is 8. The van der Waals surface area contributed by atoms with Gasteiger partial charge >= 0.3 is 0 Å². The molecular weight excluding hydrogens is 268 g/mol. The van der Waals surface area contributed by atoms with E-state index in [0.717, 1.165) is 18.6 Å². The standard InChI is InChI=1S/C20H34N2/c1-4-19-7-5-6-16-22(19)20(14-15-21-3)13-12-18-10-8-17(2)9-11-18/h8-11,19-21H,4-7,12-16H2,1-3H3. The van der Waals surface area contributed by atoms with Crippen LogP contribution in [0.3, 0.4) is 0 Å². The number of benzene rings is 1. The smallest absolute Gasteiger partial charge is 0.0113 e. The molecule has 1 saturated heterocycles. The van der Waals surface area contributed by atoms with Crippen molar-refractivity contribution in [2.24, 2.45) is 0 Å². The quantitative estimate of drug-likeness (QED) is 0.775. The van der Waals surface area contributed by atoms with Gasteiger partial charge in [-0.05, 0) is 71.1 Å². The molecule has 0 aliphatic carbocycles. The van der Waals surface area contributed by atoms with Crippen LogP contribution in [0.2, 0.25) is 0 Å². The van der Waals surface area contributed by atoms with Gasteiger partial charge in [0.2, 0.25) is 0 Å². The molecule has 0 bridgehead atoms. The van der Waals surface area contributed by atoms with E-state index in [-0.39, 0.29) is 0 Å². The Morgan fingerprint density at radius 1 is 1.18 bits per heavy atom. The van der Waals surface area contributed by atoms with Crippen LogP contribution in [0.5, 0.6) is 0 Å². The van der Waals surface area contributed by atoms with E-state index in [1.54, 1.807) is 0 Å². The van der Waals surface area contributed by atoms with E-state index in [2.05, 4.69) is 55.4 Å². The van der Waals surface area contributed by atoms with Crippen molar-refractivity contribution in [3.05, 3.63) is 35.4 Å². The maximum atomic E-state index is 3.35. The summed E-state index contributed by atoms with van der Waals surface area (Å²) < 4.78 is 0. The van der Waals surface area contributed by atoms with Crippen molar-refractivity contribution >= 4 is 0 Å². The molecule has 1 aromatic carbocycles. The van der Waals surface area contributed by atoms with Gasteiger partial charge < -0.3 is 5.32 Å². The predicted molar refractivity (Wildman–Crippen MR) is 96.5 cm³/mol. The number of likely N-dealkylation sites (tertiary alicyclic amines) is 1. The lowest BCUT2D eigenvalue weighted by atomic mass is 9.93. The molecule has 2 nitrogen and oxygen atoms in total. The Morgan fingerprint density at radius 3 is 2.64 bits per heavy atom. The van der Waals surface area contributed by atoms with E-state index in [4.69, 9.17) is 0 Å². The van der Waals surface area contributed by atoms with Crippen LogP contribution < -0.4 is 5.32 Å². The van der Waals surface area contributed by atoms with Crippen LogP contribution in [0.1, 0.15) is 56.6 Å². The number of hydrogen-bond acceptors (Lipinski definition) is 2. The lowest BCUT2D eigenvalue weighted by Crippen LogP contribution is -2.47. The summed E-state index contributed by atoms with van der Waals surface area (Å²) in [4.78, 5) is 2.83. The molecule has 2 rings (SSSR count). The lowest BCUT2D eigenvalue weighted by Gasteiger charge is -2.41. The van der Waals surface area contributed by atoms with E-state index in [9.17, 15) is 0 Å². The monoisotopic (exact) mass is 302 g/mol. The third kappa shape index (κ3) is 5.10. The molecule has 1 aliphatic rings. The van der Waals surface area contributed by atoms with Gasteiger partial charge in [0.25, 0.3) is 0 Å². The van der Waals surface area contributed by atoms with Crippen molar-refractivity contribution in [2.45, 2.75) is 70.9 Å². The summed E-state index contributed by atoms with van der Waals surface area (Å²) in [6, 6.07) is 10.6. The van der Waals surface area contributed by atoms with Crippen LogP contribution in [0, 0.1) is 6.92 Å². The van der Waals surface area contributed by atoms with Gasteiger partial charge in [-0.25, -0.2) is 0 Å². The number of piperidine rings is 1. The SMILES string of the molecule is CCC1CCCCN1C(CCNC)CCc1ccc(C)cc1. The first-order chi connectivity index (χ1) is 10.7. The molecule has 124 valence electrons. The highest BCUT2D eigenvalue weighted by atomic mass is 15.2. The van der Waals surface area contributed by atoms with Gasteiger partial charge in [0.15, 0.2) is 0 Å². The van der Waals surface area contributed by atoms with Crippen molar-refractivity contribution in [1.82, 2.24) is 10.2 Å². The van der Waals surface area contributed by atoms with Gasteiger partial charge in [-0.15, -0.1) is 0 Å². The second-order valence-electron chi connectivity index (χ2n) is 6.87. The average Bonchev–Trinajstić information content (AvgIpc) is 2.56. The predicted octanol–water partition coefficient (Wildman–Crippen LogP) is 4.17.